The minimum atomic E-state index is -0.0101. The summed E-state index contributed by atoms with van der Waals surface area (Å²) in [6.07, 6.45) is 0.452. The Labute approximate surface area is 143 Å². The Morgan fingerprint density at radius 2 is 1.65 bits per heavy atom. The molecule has 3 aromatic rings. The maximum absolute atomic E-state index is 12.5. The van der Waals surface area contributed by atoms with Gasteiger partial charge in [0.25, 0.3) is 0 Å². The summed E-state index contributed by atoms with van der Waals surface area (Å²) >= 11 is 3.44. The molecule has 3 rings (SSSR count). The van der Waals surface area contributed by atoms with Crippen molar-refractivity contribution in [3.8, 4) is 0 Å². The highest BCUT2D eigenvalue weighted by molar-refractivity contribution is 9.10. The third-order valence-corrected chi connectivity index (χ3v) is 4.46. The fraction of sp³-hybridized carbons (Fsp3) is 0.158. The van der Waals surface area contributed by atoms with Gasteiger partial charge < -0.3 is 4.57 Å². The Morgan fingerprint density at radius 1 is 0.957 bits per heavy atom. The number of carbonyl (C=O) groups excluding carboxylic acids is 2. The van der Waals surface area contributed by atoms with Crippen molar-refractivity contribution in [2.24, 2.45) is 7.05 Å². The third-order valence-electron chi connectivity index (χ3n) is 3.97. The van der Waals surface area contributed by atoms with Crippen LogP contribution < -0.4 is 0 Å². The van der Waals surface area contributed by atoms with Crippen LogP contribution in [0.2, 0.25) is 0 Å². The van der Waals surface area contributed by atoms with Crippen molar-refractivity contribution < 1.29 is 9.59 Å². The van der Waals surface area contributed by atoms with Crippen LogP contribution in [0.1, 0.15) is 33.7 Å². The van der Waals surface area contributed by atoms with Crippen molar-refractivity contribution in [1.29, 1.82) is 0 Å². The molecule has 0 N–H and O–H groups in total. The summed E-state index contributed by atoms with van der Waals surface area (Å²) < 4.78 is 2.87. The number of halogens is 1. The van der Waals surface area contributed by atoms with E-state index in [0.717, 1.165) is 15.4 Å². The van der Waals surface area contributed by atoms with Crippen LogP contribution >= 0.6 is 15.9 Å². The number of aromatic nitrogens is 1. The van der Waals surface area contributed by atoms with Gasteiger partial charge in [-0.05, 0) is 24.3 Å². The van der Waals surface area contributed by atoms with Crippen molar-refractivity contribution in [3.63, 3.8) is 0 Å². The zero-order valence-electron chi connectivity index (χ0n) is 12.8. The van der Waals surface area contributed by atoms with E-state index in [1.54, 1.807) is 12.1 Å². The van der Waals surface area contributed by atoms with Gasteiger partial charge in [-0.2, -0.15) is 0 Å². The second-order valence-corrected chi connectivity index (χ2v) is 6.42. The molecule has 0 aliphatic carbocycles. The molecule has 2 aromatic carbocycles. The number of rotatable bonds is 5. The predicted molar refractivity (Wildman–Crippen MR) is 95.0 cm³/mol. The van der Waals surface area contributed by atoms with Crippen LogP contribution in [0, 0.1) is 0 Å². The molecule has 0 amide bonds. The van der Waals surface area contributed by atoms with Crippen molar-refractivity contribution in [1.82, 2.24) is 4.57 Å². The monoisotopic (exact) mass is 369 g/mol. The van der Waals surface area contributed by atoms with Crippen LogP contribution in [0.3, 0.4) is 0 Å². The van der Waals surface area contributed by atoms with Gasteiger partial charge in [-0.3, -0.25) is 9.59 Å². The van der Waals surface area contributed by atoms with Gasteiger partial charge in [0.2, 0.25) is 0 Å². The van der Waals surface area contributed by atoms with E-state index in [-0.39, 0.29) is 24.4 Å². The van der Waals surface area contributed by atoms with Crippen LogP contribution in [0.4, 0.5) is 0 Å². The van der Waals surface area contributed by atoms with E-state index in [1.165, 1.54) is 0 Å². The smallest absolute Gasteiger partial charge is 0.179 e. The zero-order chi connectivity index (χ0) is 16.4. The van der Waals surface area contributed by atoms with Gasteiger partial charge in [-0.25, -0.2) is 0 Å². The van der Waals surface area contributed by atoms with Gasteiger partial charge in [0, 0.05) is 40.8 Å². The number of benzene rings is 2. The summed E-state index contributed by atoms with van der Waals surface area (Å²) in [5, 5.41) is 1.01. The van der Waals surface area contributed by atoms with Gasteiger partial charge in [0.1, 0.15) is 0 Å². The molecular weight excluding hydrogens is 354 g/mol. The van der Waals surface area contributed by atoms with E-state index < -0.39 is 0 Å². The van der Waals surface area contributed by atoms with E-state index in [2.05, 4.69) is 15.9 Å². The molecule has 4 heteroatoms. The van der Waals surface area contributed by atoms with Crippen molar-refractivity contribution in [3.05, 3.63) is 70.3 Å². The number of fused-ring (bicyclic) bond motifs is 1. The largest absolute Gasteiger partial charge is 0.341 e. The number of carbonyl (C=O) groups is 2. The van der Waals surface area contributed by atoms with Crippen molar-refractivity contribution >= 4 is 38.4 Å². The molecule has 0 aliphatic rings. The Kier molecular flexibility index (Phi) is 4.44. The number of nitrogens with zero attached hydrogens (tertiary/aromatic N) is 1. The topological polar surface area (TPSA) is 39.1 Å². The van der Waals surface area contributed by atoms with Gasteiger partial charge >= 0.3 is 0 Å². The predicted octanol–water partition coefficient (Wildman–Crippen LogP) is 4.79. The van der Waals surface area contributed by atoms with Crippen LogP contribution in [-0.2, 0) is 7.05 Å². The molecular formula is C19H16BrNO2. The van der Waals surface area contributed by atoms with Crippen LogP contribution in [-0.4, -0.2) is 16.1 Å². The third kappa shape index (κ3) is 3.27. The summed E-state index contributed by atoms with van der Waals surface area (Å²) in [4.78, 5) is 24.6. The highest BCUT2D eigenvalue weighted by Gasteiger charge is 2.15. The Hall–Kier alpha value is -2.20. The number of aryl methyl sites for hydroxylation is 1. The lowest BCUT2D eigenvalue weighted by molar-refractivity contribution is 0.0913. The molecule has 1 aromatic heterocycles. The number of hydrogen-bond acceptors (Lipinski definition) is 2. The van der Waals surface area contributed by atoms with E-state index in [0.29, 0.717) is 11.3 Å². The van der Waals surface area contributed by atoms with Gasteiger partial charge in [0.05, 0.1) is 5.69 Å². The average molecular weight is 370 g/mol. The van der Waals surface area contributed by atoms with E-state index in [1.807, 2.05) is 54.1 Å². The molecule has 0 saturated heterocycles. The van der Waals surface area contributed by atoms with Crippen molar-refractivity contribution in [2.75, 3.05) is 0 Å². The lowest BCUT2D eigenvalue weighted by atomic mass is 10.0. The maximum atomic E-state index is 12.5. The first-order valence-corrected chi connectivity index (χ1v) is 8.22. The first-order chi connectivity index (χ1) is 11.1. The molecule has 0 spiro atoms. The normalized spacial score (nSPS) is 10.9. The quantitative estimate of drug-likeness (QED) is 0.606. The molecule has 116 valence electrons. The zero-order valence-corrected chi connectivity index (χ0v) is 14.3. The second-order valence-electron chi connectivity index (χ2n) is 5.50. The molecule has 0 atom stereocenters. The summed E-state index contributed by atoms with van der Waals surface area (Å²) in [6.45, 7) is 0. The lowest BCUT2D eigenvalue weighted by Gasteiger charge is -2.04. The molecule has 0 unspecified atom stereocenters. The van der Waals surface area contributed by atoms with E-state index >= 15 is 0 Å². The SMILES string of the molecule is Cn1c(C(=O)CCC(=O)c2ccccc2)cc2cc(Br)ccc21. The van der Waals surface area contributed by atoms with E-state index in [4.69, 9.17) is 0 Å². The highest BCUT2D eigenvalue weighted by atomic mass is 79.9. The van der Waals surface area contributed by atoms with Crippen LogP contribution in [0.25, 0.3) is 10.9 Å². The summed E-state index contributed by atoms with van der Waals surface area (Å²) in [5.74, 6) is -0.00966. The minimum Gasteiger partial charge on any atom is -0.341 e. The van der Waals surface area contributed by atoms with Crippen LogP contribution in [0.15, 0.2) is 59.1 Å². The molecule has 0 bridgehead atoms. The Bertz CT molecular complexity index is 881. The first kappa shape index (κ1) is 15.7. The fourth-order valence-corrected chi connectivity index (χ4v) is 3.09. The number of ketones is 2. The molecule has 1 heterocycles. The molecule has 0 saturated carbocycles. The Balaban J connectivity index is 1.76. The van der Waals surface area contributed by atoms with Gasteiger partial charge in [-0.1, -0.05) is 46.3 Å². The average Bonchev–Trinajstić information content (AvgIpc) is 2.89. The second kappa shape index (κ2) is 6.50. The molecule has 23 heavy (non-hydrogen) atoms. The summed E-state index contributed by atoms with van der Waals surface area (Å²) in [6, 6.07) is 16.9. The first-order valence-electron chi connectivity index (χ1n) is 7.42. The Morgan fingerprint density at radius 3 is 2.39 bits per heavy atom. The molecule has 3 nitrogen and oxygen atoms in total. The van der Waals surface area contributed by atoms with Gasteiger partial charge in [-0.15, -0.1) is 0 Å². The summed E-state index contributed by atoms with van der Waals surface area (Å²) in [5.41, 5.74) is 2.30. The van der Waals surface area contributed by atoms with Gasteiger partial charge in [0.15, 0.2) is 11.6 Å². The molecule has 0 radical (unpaired) electrons. The number of hydrogen-bond donors (Lipinski definition) is 0. The molecule has 0 aliphatic heterocycles. The molecule has 0 fully saturated rings. The maximum Gasteiger partial charge on any atom is 0.179 e. The van der Waals surface area contributed by atoms with E-state index in [9.17, 15) is 9.59 Å². The number of Topliss-reactive ketones (excluding diaryl/α,β-unsaturated/α-hetero) is 2. The fourth-order valence-electron chi connectivity index (χ4n) is 2.71. The minimum absolute atomic E-state index is 0.000425. The van der Waals surface area contributed by atoms with Crippen molar-refractivity contribution in [2.45, 2.75) is 12.8 Å². The van der Waals surface area contributed by atoms with Crippen LogP contribution in [0.5, 0.6) is 0 Å². The highest BCUT2D eigenvalue weighted by Crippen LogP contribution is 2.24. The standard InChI is InChI=1S/C19H16BrNO2/c1-21-16-8-7-15(20)11-14(16)12-17(21)19(23)10-9-18(22)13-5-3-2-4-6-13/h2-8,11-12H,9-10H2,1H3. The summed E-state index contributed by atoms with van der Waals surface area (Å²) in [7, 11) is 1.88. The lowest BCUT2D eigenvalue weighted by Crippen LogP contribution is -2.08.